The molecule has 1 N–H and O–H groups in total. The maximum absolute atomic E-state index is 9.08. The minimum absolute atomic E-state index is 0.604. The van der Waals surface area contributed by atoms with Crippen molar-refractivity contribution < 1.29 is 17.9 Å². The maximum Gasteiger partial charge on any atom is 0.0989 e. The first kappa shape index (κ1) is 11.4. The highest BCUT2D eigenvalue weighted by molar-refractivity contribution is 7.84. The summed E-state index contributed by atoms with van der Waals surface area (Å²) in [6.07, 6.45) is 9.02. The first-order chi connectivity index (χ1) is 5.43. The van der Waals surface area contributed by atoms with E-state index in [0.717, 1.165) is 6.54 Å². The number of allylic oxidation sites excluding steroid dienone is 2. The van der Waals surface area contributed by atoms with Gasteiger partial charge in [-0.15, -0.1) is 0 Å². The number of hydrogen-bond acceptors (Lipinski definition) is 3. The summed E-state index contributed by atoms with van der Waals surface area (Å²) in [6, 6.07) is 0. The van der Waals surface area contributed by atoms with Gasteiger partial charge in [0.25, 0.3) is 0 Å². The Hall–Kier alpha value is -0.650. The van der Waals surface area contributed by atoms with E-state index in [1.54, 1.807) is 0 Å². The maximum atomic E-state index is 9.08. The molecule has 0 aromatic carbocycles. The standard InChI is InChI=1S/C6H9N.CH4O3S/c1-2-7-5-3-4-6-7;1-5(2,3)4/h3-6H,2H2,1H3;1H3,(H,2,3,4). The summed E-state index contributed by atoms with van der Waals surface area (Å²) in [6.45, 7) is 3.32. The van der Waals surface area contributed by atoms with Gasteiger partial charge in [0.15, 0.2) is 0 Å². The predicted molar refractivity (Wildman–Crippen MR) is 45.4 cm³/mol. The van der Waals surface area contributed by atoms with Crippen molar-refractivity contribution in [3.8, 4) is 0 Å². The molecule has 0 saturated carbocycles. The highest BCUT2D eigenvalue weighted by atomic mass is 32.2. The molecule has 0 aromatic heterocycles. The van der Waals surface area contributed by atoms with Gasteiger partial charge in [0.2, 0.25) is 0 Å². The topological polar surface area (TPSA) is 61.6 Å². The minimum atomic E-state index is -3.92. The zero-order valence-electron chi connectivity index (χ0n) is 7.15. The Morgan fingerprint density at radius 3 is 1.83 bits per heavy atom. The van der Waals surface area contributed by atoms with E-state index < -0.39 is 10.1 Å². The van der Waals surface area contributed by atoms with Crippen molar-refractivity contribution in [3.05, 3.63) is 24.6 Å². The Kier molecular flexibility index (Phi) is 4.80. The van der Waals surface area contributed by atoms with E-state index in [4.69, 9.17) is 13.0 Å². The minimum Gasteiger partial charge on any atom is -0.748 e. The fourth-order valence-corrected chi connectivity index (χ4v) is 0.650. The van der Waals surface area contributed by atoms with Crippen LogP contribution in [-0.4, -0.2) is 25.8 Å². The summed E-state index contributed by atoms with van der Waals surface area (Å²) in [5.74, 6) is 0. The van der Waals surface area contributed by atoms with Crippen molar-refractivity contribution in [2.45, 2.75) is 6.92 Å². The van der Waals surface area contributed by atoms with E-state index in [-0.39, 0.29) is 0 Å². The van der Waals surface area contributed by atoms with Gasteiger partial charge in [-0.25, -0.2) is 8.42 Å². The molecule has 0 atom stereocenters. The van der Waals surface area contributed by atoms with E-state index in [9.17, 15) is 0 Å². The fourth-order valence-electron chi connectivity index (χ4n) is 0.650. The average molecular weight is 191 g/mol. The number of quaternary nitrogens is 1. The van der Waals surface area contributed by atoms with Crippen LogP contribution in [0.3, 0.4) is 0 Å². The molecule has 5 heteroatoms. The Morgan fingerprint density at radius 1 is 1.33 bits per heavy atom. The monoisotopic (exact) mass is 191 g/mol. The van der Waals surface area contributed by atoms with E-state index >= 15 is 0 Å². The number of rotatable bonds is 1. The van der Waals surface area contributed by atoms with Crippen molar-refractivity contribution in [1.29, 1.82) is 0 Å². The zero-order valence-corrected chi connectivity index (χ0v) is 7.97. The van der Waals surface area contributed by atoms with Crippen LogP contribution in [0.15, 0.2) is 24.6 Å². The van der Waals surface area contributed by atoms with Crippen molar-refractivity contribution >= 4 is 10.1 Å². The van der Waals surface area contributed by atoms with E-state index in [1.807, 2.05) is 0 Å². The van der Waals surface area contributed by atoms with Crippen molar-refractivity contribution in [1.82, 2.24) is 0 Å². The summed E-state index contributed by atoms with van der Waals surface area (Å²) in [4.78, 5) is 1.43. The fraction of sp³-hybridized carbons (Fsp3) is 0.429. The van der Waals surface area contributed by atoms with Crippen molar-refractivity contribution in [2.24, 2.45) is 0 Å². The van der Waals surface area contributed by atoms with Gasteiger partial charge in [-0.2, -0.15) is 0 Å². The largest absolute Gasteiger partial charge is 0.748 e. The van der Waals surface area contributed by atoms with E-state index in [1.165, 1.54) is 4.90 Å². The van der Waals surface area contributed by atoms with Gasteiger partial charge < -0.3 is 4.55 Å². The van der Waals surface area contributed by atoms with Crippen LogP contribution in [0.5, 0.6) is 0 Å². The molecule has 12 heavy (non-hydrogen) atoms. The first-order valence-corrected chi connectivity index (χ1v) is 5.36. The van der Waals surface area contributed by atoms with Crippen molar-refractivity contribution in [2.75, 3.05) is 12.8 Å². The molecule has 0 fully saturated rings. The molecule has 0 spiro atoms. The lowest BCUT2D eigenvalue weighted by Gasteiger charge is -1.98. The SMILES string of the molecule is CC[NH+]1C=CC=C1.CS(=O)(=O)[O-]. The Labute approximate surface area is 72.9 Å². The van der Waals surface area contributed by atoms with Crippen LogP contribution in [-0.2, 0) is 10.1 Å². The molecule has 1 rings (SSSR count). The van der Waals surface area contributed by atoms with Gasteiger partial charge in [-0.1, -0.05) is 0 Å². The number of nitrogens with one attached hydrogen (secondary N) is 1. The van der Waals surface area contributed by atoms with Gasteiger partial charge in [0.05, 0.1) is 29.1 Å². The molecular formula is C7H13NO3S. The van der Waals surface area contributed by atoms with Crippen LogP contribution in [0.25, 0.3) is 0 Å². The Balaban J connectivity index is 0.000000217. The third kappa shape index (κ3) is 9.35. The van der Waals surface area contributed by atoms with E-state index in [0.29, 0.717) is 6.26 Å². The lowest BCUT2D eigenvalue weighted by Crippen LogP contribution is -3.01. The molecule has 0 radical (unpaired) electrons. The molecule has 0 bridgehead atoms. The molecule has 1 heterocycles. The first-order valence-electron chi connectivity index (χ1n) is 3.55. The van der Waals surface area contributed by atoms with Crippen LogP contribution in [0.4, 0.5) is 0 Å². The lowest BCUT2D eigenvalue weighted by molar-refractivity contribution is -0.785. The van der Waals surface area contributed by atoms with Gasteiger partial charge in [-0.05, 0) is 19.1 Å². The molecule has 0 amide bonds. The molecule has 0 unspecified atom stereocenters. The molecule has 1 aliphatic rings. The molecule has 1 aliphatic heterocycles. The van der Waals surface area contributed by atoms with Gasteiger partial charge in [-0.3, -0.25) is 4.90 Å². The highest BCUT2D eigenvalue weighted by Crippen LogP contribution is 1.73. The van der Waals surface area contributed by atoms with Crippen LogP contribution in [0.1, 0.15) is 6.92 Å². The summed E-state index contributed by atoms with van der Waals surface area (Å²) < 4.78 is 27.2. The second-order valence-electron chi connectivity index (χ2n) is 2.35. The second-order valence-corrected chi connectivity index (χ2v) is 3.76. The molecule has 70 valence electrons. The van der Waals surface area contributed by atoms with Crippen LogP contribution < -0.4 is 4.90 Å². The molecule has 0 aromatic rings. The summed E-state index contributed by atoms with van der Waals surface area (Å²) in [7, 11) is -3.92. The van der Waals surface area contributed by atoms with Crippen LogP contribution in [0.2, 0.25) is 0 Å². The van der Waals surface area contributed by atoms with E-state index in [2.05, 4.69) is 31.5 Å². The highest BCUT2D eigenvalue weighted by Gasteiger charge is 1.96. The number of hydrogen-bond donors (Lipinski definition) is 1. The molecule has 4 nitrogen and oxygen atoms in total. The molecular weight excluding hydrogens is 178 g/mol. The predicted octanol–water partition coefficient (Wildman–Crippen LogP) is -0.906. The Bertz CT molecular complexity index is 246. The third-order valence-electron chi connectivity index (χ3n) is 1.14. The van der Waals surface area contributed by atoms with Gasteiger partial charge in [0, 0.05) is 6.26 Å². The van der Waals surface area contributed by atoms with Crippen LogP contribution >= 0.6 is 0 Å². The van der Waals surface area contributed by atoms with Crippen LogP contribution in [0, 0.1) is 0 Å². The Morgan fingerprint density at radius 2 is 1.67 bits per heavy atom. The van der Waals surface area contributed by atoms with Gasteiger partial charge >= 0.3 is 0 Å². The molecule has 0 aliphatic carbocycles. The molecule has 0 saturated heterocycles. The zero-order chi connectivity index (χ0) is 9.61. The average Bonchev–Trinajstić information content (AvgIpc) is 2.33. The van der Waals surface area contributed by atoms with Gasteiger partial charge in [0.1, 0.15) is 0 Å². The normalized spacial score (nSPS) is 15.9. The van der Waals surface area contributed by atoms with Crippen molar-refractivity contribution in [3.63, 3.8) is 0 Å². The quantitative estimate of drug-likeness (QED) is 0.546. The summed E-state index contributed by atoms with van der Waals surface area (Å²) in [5.41, 5.74) is 0. The lowest BCUT2D eigenvalue weighted by atomic mass is 10.6. The summed E-state index contributed by atoms with van der Waals surface area (Å²) in [5, 5.41) is 0. The summed E-state index contributed by atoms with van der Waals surface area (Å²) >= 11 is 0. The third-order valence-corrected chi connectivity index (χ3v) is 1.14. The second kappa shape index (κ2) is 5.08. The smallest absolute Gasteiger partial charge is 0.0989 e.